The molecule has 1 atom stereocenters. The van der Waals surface area contributed by atoms with E-state index in [-0.39, 0.29) is 0 Å². The maximum absolute atomic E-state index is 10.1. The lowest BCUT2D eigenvalue weighted by Gasteiger charge is -2.21. The number of hydrogen-bond donors (Lipinski definition) is 1. The number of hydrogen-bond acceptors (Lipinski definition) is 2. The highest BCUT2D eigenvalue weighted by Gasteiger charge is 2.35. The van der Waals surface area contributed by atoms with Crippen LogP contribution in [-0.4, -0.2) is 18.3 Å². The van der Waals surface area contributed by atoms with Gasteiger partial charge in [0.2, 0.25) is 0 Å². The van der Waals surface area contributed by atoms with Gasteiger partial charge in [0.1, 0.15) is 5.60 Å². The quantitative estimate of drug-likeness (QED) is 0.748. The van der Waals surface area contributed by atoms with Crippen molar-refractivity contribution < 1.29 is 9.84 Å². The van der Waals surface area contributed by atoms with Crippen LogP contribution in [0, 0.1) is 0 Å². The Morgan fingerprint density at radius 1 is 1.38 bits per heavy atom. The second-order valence-electron chi connectivity index (χ2n) is 3.31. The van der Waals surface area contributed by atoms with Gasteiger partial charge in [0.25, 0.3) is 0 Å². The van der Waals surface area contributed by atoms with E-state index in [4.69, 9.17) is 16.3 Å². The summed E-state index contributed by atoms with van der Waals surface area (Å²) in [5.74, 6) is 0. The van der Waals surface area contributed by atoms with Crippen LogP contribution >= 0.6 is 11.6 Å². The fraction of sp³-hybridized carbons (Fsp3) is 0.400. The summed E-state index contributed by atoms with van der Waals surface area (Å²) in [4.78, 5) is 0. The van der Waals surface area contributed by atoms with Gasteiger partial charge in [-0.2, -0.15) is 0 Å². The van der Waals surface area contributed by atoms with Gasteiger partial charge in [0.15, 0.2) is 0 Å². The topological polar surface area (TPSA) is 29.5 Å². The molecule has 0 spiro atoms. The molecule has 0 amide bonds. The summed E-state index contributed by atoms with van der Waals surface area (Å²) >= 11 is 5.98. The lowest BCUT2D eigenvalue weighted by molar-refractivity contribution is 0.0233. The molecule has 0 aliphatic carbocycles. The Hall–Kier alpha value is -0.570. The third-order valence-corrected chi connectivity index (χ3v) is 2.71. The zero-order valence-corrected chi connectivity index (χ0v) is 7.92. The van der Waals surface area contributed by atoms with E-state index in [0.29, 0.717) is 24.7 Å². The van der Waals surface area contributed by atoms with E-state index in [1.807, 2.05) is 18.2 Å². The molecule has 1 aliphatic rings. The lowest BCUT2D eigenvalue weighted by Crippen LogP contribution is -2.25. The molecule has 0 bridgehead atoms. The molecule has 1 heterocycles. The minimum atomic E-state index is -0.877. The van der Waals surface area contributed by atoms with Crippen molar-refractivity contribution in [1.82, 2.24) is 0 Å². The summed E-state index contributed by atoms with van der Waals surface area (Å²) in [6.45, 7) is 0.943. The third kappa shape index (κ3) is 1.57. The highest BCUT2D eigenvalue weighted by Crippen LogP contribution is 2.34. The van der Waals surface area contributed by atoms with Crippen LogP contribution in [0.5, 0.6) is 0 Å². The molecule has 0 aromatic heterocycles. The Morgan fingerprint density at radius 3 is 2.77 bits per heavy atom. The molecule has 1 saturated heterocycles. The predicted octanol–water partition coefficient (Wildman–Crippen LogP) is 1.95. The summed E-state index contributed by atoms with van der Waals surface area (Å²) in [5.41, 5.74) is -0.104. The molecule has 2 rings (SSSR count). The van der Waals surface area contributed by atoms with Gasteiger partial charge in [0.05, 0.1) is 6.61 Å². The third-order valence-electron chi connectivity index (χ3n) is 2.38. The molecule has 0 saturated carbocycles. The molecule has 1 N–H and O–H groups in total. The number of rotatable bonds is 1. The predicted molar refractivity (Wildman–Crippen MR) is 50.8 cm³/mol. The Labute approximate surface area is 82.1 Å². The average molecular weight is 199 g/mol. The standard InChI is InChI=1S/C10H11ClO2/c11-9-4-2-1-3-8(9)10(12)5-6-13-7-10/h1-4,12H,5-7H2. The van der Waals surface area contributed by atoms with Crippen molar-refractivity contribution in [2.75, 3.05) is 13.2 Å². The molecule has 1 aliphatic heterocycles. The smallest absolute Gasteiger partial charge is 0.116 e. The first-order valence-corrected chi connectivity index (χ1v) is 4.65. The van der Waals surface area contributed by atoms with Gasteiger partial charge in [-0.3, -0.25) is 0 Å². The van der Waals surface area contributed by atoms with Gasteiger partial charge < -0.3 is 9.84 Å². The zero-order valence-electron chi connectivity index (χ0n) is 7.16. The second kappa shape index (κ2) is 3.29. The molecule has 3 heteroatoms. The van der Waals surface area contributed by atoms with Crippen LogP contribution in [-0.2, 0) is 10.3 Å². The summed E-state index contributed by atoms with van der Waals surface area (Å²) in [6.07, 6.45) is 0.622. The van der Waals surface area contributed by atoms with E-state index in [2.05, 4.69) is 0 Å². The van der Waals surface area contributed by atoms with E-state index >= 15 is 0 Å². The Balaban J connectivity index is 2.39. The normalized spacial score (nSPS) is 27.8. The number of ether oxygens (including phenoxy) is 1. The van der Waals surface area contributed by atoms with Gasteiger partial charge in [-0.05, 0) is 6.07 Å². The Bertz CT molecular complexity index is 306. The van der Waals surface area contributed by atoms with Crippen LogP contribution < -0.4 is 0 Å². The Morgan fingerprint density at radius 2 is 2.15 bits per heavy atom. The van der Waals surface area contributed by atoms with Crippen molar-refractivity contribution in [2.24, 2.45) is 0 Å². The summed E-state index contributed by atoms with van der Waals surface area (Å²) in [7, 11) is 0. The van der Waals surface area contributed by atoms with Crippen LogP contribution in [0.25, 0.3) is 0 Å². The van der Waals surface area contributed by atoms with Crippen LogP contribution in [0.3, 0.4) is 0 Å². The van der Waals surface area contributed by atoms with E-state index < -0.39 is 5.60 Å². The molecular formula is C10H11ClO2. The maximum atomic E-state index is 10.1. The van der Waals surface area contributed by atoms with Crippen LogP contribution in [0.2, 0.25) is 5.02 Å². The fourth-order valence-corrected chi connectivity index (χ4v) is 1.92. The first-order chi connectivity index (χ1) is 6.22. The van der Waals surface area contributed by atoms with Crippen LogP contribution in [0.1, 0.15) is 12.0 Å². The van der Waals surface area contributed by atoms with Gasteiger partial charge in [-0.25, -0.2) is 0 Å². The second-order valence-corrected chi connectivity index (χ2v) is 3.72. The molecule has 0 radical (unpaired) electrons. The Kier molecular flexibility index (Phi) is 2.28. The first kappa shape index (κ1) is 9.00. The van der Waals surface area contributed by atoms with E-state index in [9.17, 15) is 5.11 Å². The van der Waals surface area contributed by atoms with Crippen molar-refractivity contribution in [1.29, 1.82) is 0 Å². The molecule has 13 heavy (non-hydrogen) atoms. The molecular weight excluding hydrogens is 188 g/mol. The summed E-state index contributed by atoms with van der Waals surface area (Å²) in [6, 6.07) is 7.35. The SMILES string of the molecule is OC1(c2ccccc2Cl)CCOC1. The van der Waals surface area contributed by atoms with E-state index in [0.717, 1.165) is 5.56 Å². The maximum Gasteiger partial charge on any atom is 0.116 e. The average Bonchev–Trinajstić information content (AvgIpc) is 2.54. The summed E-state index contributed by atoms with van der Waals surface area (Å²) in [5, 5.41) is 10.7. The molecule has 70 valence electrons. The minimum Gasteiger partial charge on any atom is -0.383 e. The van der Waals surface area contributed by atoms with Crippen LogP contribution in [0.4, 0.5) is 0 Å². The van der Waals surface area contributed by atoms with Crippen molar-refractivity contribution in [3.05, 3.63) is 34.9 Å². The number of aliphatic hydroxyl groups is 1. The van der Waals surface area contributed by atoms with Crippen LogP contribution in [0.15, 0.2) is 24.3 Å². The summed E-state index contributed by atoms with van der Waals surface area (Å²) < 4.78 is 5.16. The minimum absolute atomic E-state index is 0.344. The molecule has 2 nitrogen and oxygen atoms in total. The fourth-order valence-electron chi connectivity index (χ4n) is 1.61. The largest absolute Gasteiger partial charge is 0.383 e. The zero-order chi connectivity index (χ0) is 9.31. The van der Waals surface area contributed by atoms with Gasteiger partial charge in [0, 0.05) is 23.6 Å². The highest BCUT2D eigenvalue weighted by atomic mass is 35.5. The first-order valence-electron chi connectivity index (χ1n) is 4.27. The highest BCUT2D eigenvalue weighted by molar-refractivity contribution is 6.31. The van der Waals surface area contributed by atoms with Crippen molar-refractivity contribution >= 4 is 11.6 Å². The lowest BCUT2D eigenvalue weighted by atomic mass is 9.93. The van der Waals surface area contributed by atoms with Gasteiger partial charge in [-0.15, -0.1) is 0 Å². The number of halogens is 1. The van der Waals surface area contributed by atoms with E-state index in [1.54, 1.807) is 6.07 Å². The van der Waals surface area contributed by atoms with Gasteiger partial charge in [-0.1, -0.05) is 29.8 Å². The van der Waals surface area contributed by atoms with Gasteiger partial charge >= 0.3 is 0 Å². The van der Waals surface area contributed by atoms with Crippen molar-refractivity contribution in [2.45, 2.75) is 12.0 Å². The molecule has 1 unspecified atom stereocenters. The van der Waals surface area contributed by atoms with Crippen molar-refractivity contribution in [3.63, 3.8) is 0 Å². The molecule has 1 fully saturated rings. The molecule has 1 aromatic rings. The molecule has 1 aromatic carbocycles. The van der Waals surface area contributed by atoms with E-state index in [1.165, 1.54) is 0 Å². The monoisotopic (exact) mass is 198 g/mol. The number of benzene rings is 1. The van der Waals surface area contributed by atoms with Crippen molar-refractivity contribution in [3.8, 4) is 0 Å².